The van der Waals surface area contributed by atoms with Crippen molar-refractivity contribution in [2.24, 2.45) is 0 Å². The summed E-state index contributed by atoms with van der Waals surface area (Å²) in [6.07, 6.45) is -0.703. The summed E-state index contributed by atoms with van der Waals surface area (Å²) < 4.78 is 37.4. The summed E-state index contributed by atoms with van der Waals surface area (Å²) in [6, 6.07) is 23.6. The number of methoxy groups -OCH3 is 1. The number of anilines is 1. The van der Waals surface area contributed by atoms with E-state index in [0.29, 0.717) is 11.3 Å². The lowest BCUT2D eigenvalue weighted by molar-refractivity contribution is 0.0843. The van der Waals surface area contributed by atoms with Crippen molar-refractivity contribution in [3.63, 3.8) is 0 Å². The zero-order valence-corrected chi connectivity index (χ0v) is 16.5. The molecule has 0 radical (unpaired) electrons. The molecule has 0 unspecified atom stereocenters. The normalized spacial score (nSPS) is 24.3. The molecular weight excluding hydrogens is 390 g/mol. The number of hydroxylamine groups is 1. The molecule has 3 aromatic carbocycles. The molecule has 2 aliphatic heterocycles. The van der Waals surface area contributed by atoms with Crippen LogP contribution in [0.5, 0.6) is 11.5 Å². The Hall–Kier alpha value is -3.03. The number of benzene rings is 3. The van der Waals surface area contributed by atoms with E-state index in [4.69, 9.17) is 13.8 Å². The molecule has 148 valence electrons. The minimum atomic E-state index is -3.99. The predicted octanol–water partition coefficient (Wildman–Crippen LogP) is 4.02. The van der Waals surface area contributed by atoms with Crippen molar-refractivity contribution >= 4 is 15.8 Å². The minimum absolute atomic E-state index is 0.217. The first-order valence-corrected chi connectivity index (χ1v) is 10.7. The van der Waals surface area contributed by atoms with Crippen LogP contribution in [0.25, 0.3) is 0 Å². The lowest BCUT2D eigenvalue weighted by Gasteiger charge is -2.32. The number of hydrogen-bond acceptors (Lipinski definition) is 6. The highest BCUT2D eigenvalue weighted by atomic mass is 32.2. The van der Waals surface area contributed by atoms with Gasteiger partial charge in [0.15, 0.2) is 16.7 Å². The molecule has 7 heteroatoms. The smallest absolute Gasteiger partial charge is 0.317 e. The lowest BCUT2D eigenvalue weighted by Crippen LogP contribution is -2.39. The van der Waals surface area contributed by atoms with Crippen LogP contribution in [0, 0.1) is 0 Å². The predicted molar refractivity (Wildman–Crippen MR) is 108 cm³/mol. The zero-order chi connectivity index (χ0) is 20.0. The third-order valence-corrected chi connectivity index (χ3v) is 6.88. The first kappa shape index (κ1) is 18.0. The summed E-state index contributed by atoms with van der Waals surface area (Å²) in [5.41, 5.74) is 2.26. The van der Waals surface area contributed by atoms with Crippen LogP contribution in [0.3, 0.4) is 0 Å². The Labute approximate surface area is 169 Å². The van der Waals surface area contributed by atoms with Crippen LogP contribution in [-0.4, -0.2) is 20.8 Å². The largest absolute Gasteiger partial charge is 0.493 e. The van der Waals surface area contributed by atoms with Gasteiger partial charge in [0.2, 0.25) is 0 Å². The lowest BCUT2D eigenvalue weighted by atomic mass is 9.96. The van der Waals surface area contributed by atoms with Crippen molar-refractivity contribution in [1.82, 2.24) is 0 Å². The summed E-state index contributed by atoms with van der Waals surface area (Å²) in [4.78, 5) is 6.28. The Kier molecular flexibility index (Phi) is 4.22. The van der Waals surface area contributed by atoms with Crippen LogP contribution in [0.2, 0.25) is 0 Å². The van der Waals surface area contributed by atoms with Crippen molar-refractivity contribution in [1.29, 1.82) is 0 Å². The Bertz CT molecular complexity index is 1130. The molecule has 5 rings (SSSR count). The summed E-state index contributed by atoms with van der Waals surface area (Å²) in [5.74, 6) is 0.593. The van der Waals surface area contributed by atoms with Gasteiger partial charge >= 0.3 is 10.1 Å². The number of ether oxygens (including phenoxy) is 1. The summed E-state index contributed by atoms with van der Waals surface area (Å²) in [5, 5.41) is 0.755. The molecule has 6 nitrogen and oxygen atoms in total. The quantitative estimate of drug-likeness (QED) is 0.609. The van der Waals surface area contributed by atoms with Crippen LogP contribution in [-0.2, 0) is 15.0 Å². The second-order valence-corrected chi connectivity index (χ2v) is 8.66. The number of rotatable bonds is 3. The van der Waals surface area contributed by atoms with Gasteiger partial charge in [0.05, 0.1) is 12.8 Å². The van der Waals surface area contributed by atoms with Gasteiger partial charge in [-0.1, -0.05) is 60.7 Å². The zero-order valence-electron chi connectivity index (χ0n) is 15.6. The van der Waals surface area contributed by atoms with Crippen LogP contribution in [0.4, 0.5) is 5.69 Å². The molecule has 29 heavy (non-hydrogen) atoms. The van der Waals surface area contributed by atoms with Gasteiger partial charge in [-0.3, -0.25) is 4.84 Å². The van der Waals surface area contributed by atoms with Gasteiger partial charge in [0.1, 0.15) is 12.1 Å². The Morgan fingerprint density at radius 1 is 0.897 bits per heavy atom. The molecular formula is C22H19NO5S. The summed E-state index contributed by atoms with van der Waals surface area (Å²) >= 11 is 0. The molecule has 2 heterocycles. The Morgan fingerprint density at radius 3 is 2.28 bits per heavy atom. The van der Waals surface area contributed by atoms with Crippen LogP contribution >= 0.6 is 0 Å². The van der Waals surface area contributed by atoms with Crippen LogP contribution < -0.4 is 14.0 Å². The maximum Gasteiger partial charge on any atom is 0.317 e. The number of fused-ring (bicyclic) bond motifs is 3. The van der Waals surface area contributed by atoms with Gasteiger partial charge < -0.3 is 8.92 Å². The second-order valence-electron chi connectivity index (χ2n) is 6.96. The Balaban J connectivity index is 1.73. The molecule has 0 aliphatic carbocycles. The van der Waals surface area contributed by atoms with Gasteiger partial charge in [0, 0.05) is 5.56 Å². The number of hydrogen-bond donors (Lipinski definition) is 0. The van der Waals surface area contributed by atoms with Gasteiger partial charge in [-0.05, 0) is 23.8 Å². The average molecular weight is 409 g/mol. The van der Waals surface area contributed by atoms with Crippen LogP contribution in [0.1, 0.15) is 23.3 Å². The van der Waals surface area contributed by atoms with E-state index in [1.54, 1.807) is 11.1 Å². The highest BCUT2D eigenvalue weighted by Gasteiger charge is 2.57. The van der Waals surface area contributed by atoms with Gasteiger partial charge in [-0.15, -0.1) is 0 Å². The fraction of sp³-hybridized carbons (Fsp3) is 0.182. The number of nitrogens with zero attached hydrogens (tertiary/aromatic N) is 1. The Morgan fingerprint density at radius 2 is 1.59 bits per heavy atom. The van der Waals surface area contributed by atoms with Crippen molar-refractivity contribution in [2.45, 2.75) is 17.4 Å². The molecule has 3 atom stereocenters. The molecule has 3 aromatic rings. The van der Waals surface area contributed by atoms with E-state index in [1.807, 2.05) is 72.8 Å². The first-order chi connectivity index (χ1) is 14.1. The van der Waals surface area contributed by atoms with E-state index >= 15 is 0 Å². The van der Waals surface area contributed by atoms with Gasteiger partial charge in [0.25, 0.3) is 0 Å². The fourth-order valence-electron chi connectivity index (χ4n) is 4.04. The molecule has 0 aromatic heterocycles. The monoisotopic (exact) mass is 409 g/mol. The average Bonchev–Trinajstić information content (AvgIpc) is 3.17. The molecule has 1 fully saturated rings. The summed E-state index contributed by atoms with van der Waals surface area (Å²) in [6.45, 7) is 0. The van der Waals surface area contributed by atoms with E-state index in [2.05, 4.69) is 0 Å². The molecule has 0 amide bonds. The van der Waals surface area contributed by atoms with Crippen molar-refractivity contribution < 1.29 is 22.2 Å². The van der Waals surface area contributed by atoms with E-state index in [-0.39, 0.29) is 5.75 Å². The maximum absolute atomic E-state index is 13.3. The molecule has 2 aliphatic rings. The molecule has 0 N–H and O–H groups in total. The van der Waals surface area contributed by atoms with Gasteiger partial charge in [-0.2, -0.15) is 8.42 Å². The third kappa shape index (κ3) is 2.85. The third-order valence-electron chi connectivity index (χ3n) is 5.31. The fourth-order valence-corrected chi connectivity index (χ4v) is 5.64. The molecule has 0 spiro atoms. The summed E-state index contributed by atoms with van der Waals surface area (Å²) in [7, 11) is -2.50. The van der Waals surface area contributed by atoms with Gasteiger partial charge in [-0.25, -0.2) is 5.06 Å². The molecule has 1 saturated heterocycles. The molecule has 0 bridgehead atoms. The highest BCUT2D eigenvalue weighted by Crippen LogP contribution is 2.54. The second kappa shape index (κ2) is 6.79. The van der Waals surface area contributed by atoms with Crippen molar-refractivity contribution in [3.8, 4) is 11.5 Å². The number of para-hydroxylation sites is 2. The van der Waals surface area contributed by atoms with Crippen molar-refractivity contribution in [2.75, 3.05) is 12.2 Å². The SMILES string of the molecule is COc1cccc2c1OS(=O)(=O)[C@H]1[C@H](c3ccccc3)ON(c3ccccc3)[C@@H]21. The van der Waals surface area contributed by atoms with E-state index < -0.39 is 27.5 Å². The first-order valence-electron chi connectivity index (χ1n) is 9.26. The highest BCUT2D eigenvalue weighted by molar-refractivity contribution is 7.87. The maximum atomic E-state index is 13.3. The van der Waals surface area contributed by atoms with Crippen LogP contribution in [0.15, 0.2) is 78.9 Å². The van der Waals surface area contributed by atoms with Crippen molar-refractivity contribution in [3.05, 3.63) is 90.0 Å². The standard InChI is InChI=1S/C22H19NO5S/c1-26-18-14-8-13-17-19-22(29(24,25)28-21(17)18)20(15-9-4-2-5-10-15)27-23(19)16-11-6-3-7-12-16/h2-14,19-20,22H,1H3/t19-,20-,22+/m0/s1. The van der Waals surface area contributed by atoms with E-state index in [9.17, 15) is 8.42 Å². The van der Waals surface area contributed by atoms with E-state index in [1.165, 1.54) is 7.11 Å². The van der Waals surface area contributed by atoms with E-state index in [0.717, 1.165) is 11.3 Å². The molecule has 0 saturated carbocycles. The topological polar surface area (TPSA) is 65.1 Å². The minimum Gasteiger partial charge on any atom is -0.493 e.